The lowest BCUT2D eigenvalue weighted by Gasteiger charge is -2.38. The van der Waals surface area contributed by atoms with Crippen molar-refractivity contribution in [2.75, 3.05) is 26.7 Å². The molecule has 2 aliphatic heterocycles. The fraction of sp³-hybridized carbons (Fsp3) is 0.444. The standard InChI is InChI=1S/C18H20FN3O3/c1-21-10-18(25-17(21)24)6-3-7-22(11-18)9-12-8-15(23)13-4-2-5-14(19)16(13)20-12/h2,4-5,8H,3,6-7,9-11H2,1H3,(H,20,23)/t18-/m0/s1. The van der Waals surface area contributed by atoms with E-state index < -0.39 is 11.4 Å². The number of nitrogens with zero attached hydrogens (tertiary/aromatic N) is 2. The molecule has 4 rings (SSSR count). The first-order chi connectivity index (χ1) is 12.0. The maximum atomic E-state index is 14.0. The molecular weight excluding hydrogens is 325 g/mol. The van der Waals surface area contributed by atoms with Crippen LogP contribution < -0.4 is 5.43 Å². The Hall–Kier alpha value is -2.41. The molecule has 0 bridgehead atoms. The van der Waals surface area contributed by atoms with Crippen LogP contribution >= 0.6 is 0 Å². The van der Waals surface area contributed by atoms with Gasteiger partial charge in [0.05, 0.1) is 12.1 Å². The molecule has 2 aromatic rings. The van der Waals surface area contributed by atoms with Gasteiger partial charge in [-0.3, -0.25) is 9.69 Å². The average molecular weight is 345 g/mol. The number of rotatable bonds is 2. The van der Waals surface area contributed by atoms with E-state index in [2.05, 4.69) is 9.88 Å². The summed E-state index contributed by atoms with van der Waals surface area (Å²) in [4.78, 5) is 30.8. The number of nitrogens with one attached hydrogen (secondary N) is 1. The van der Waals surface area contributed by atoms with Gasteiger partial charge in [-0.25, -0.2) is 9.18 Å². The van der Waals surface area contributed by atoms with Crippen LogP contribution in [-0.4, -0.2) is 53.2 Å². The lowest BCUT2D eigenvalue weighted by atomic mass is 9.92. The number of benzene rings is 1. The molecule has 0 saturated carbocycles. The molecule has 3 heterocycles. The van der Waals surface area contributed by atoms with E-state index in [1.165, 1.54) is 18.2 Å². The molecule has 1 aromatic heterocycles. The largest absolute Gasteiger partial charge is 0.440 e. The molecule has 25 heavy (non-hydrogen) atoms. The minimum Gasteiger partial charge on any atom is -0.440 e. The van der Waals surface area contributed by atoms with Gasteiger partial charge in [0.25, 0.3) is 0 Å². The molecule has 132 valence electrons. The maximum Gasteiger partial charge on any atom is 0.410 e. The predicted octanol–water partition coefficient (Wildman–Crippen LogP) is 2.08. The van der Waals surface area contributed by atoms with E-state index in [4.69, 9.17) is 4.74 Å². The van der Waals surface area contributed by atoms with Crippen LogP contribution in [-0.2, 0) is 11.3 Å². The number of amides is 1. The van der Waals surface area contributed by atoms with Crippen molar-refractivity contribution in [2.24, 2.45) is 0 Å². The lowest BCUT2D eigenvalue weighted by molar-refractivity contribution is -0.0116. The lowest BCUT2D eigenvalue weighted by Crippen LogP contribution is -2.50. The van der Waals surface area contributed by atoms with Gasteiger partial charge >= 0.3 is 6.09 Å². The minimum absolute atomic E-state index is 0.193. The Morgan fingerprint density at radius 2 is 2.16 bits per heavy atom. The third-order valence-corrected chi connectivity index (χ3v) is 5.02. The van der Waals surface area contributed by atoms with Crippen molar-refractivity contribution in [3.8, 4) is 0 Å². The normalized spacial score (nSPS) is 24.2. The van der Waals surface area contributed by atoms with Crippen LogP contribution in [0.15, 0.2) is 29.1 Å². The number of ether oxygens (including phenoxy) is 1. The van der Waals surface area contributed by atoms with Crippen LogP contribution in [0.5, 0.6) is 0 Å². The first-order valence-electron chi connectivity index (χ1n) is 8.43. The van der Waals surface area contributed by atoms with Crippen molar-refractivity contribution in [2.45, 2.75) is 25.0 Å². The van der Waals surface area contributed by atoms with E-state index in [0.29, 0.717) is 30.7 Å². The van der Waals surface area contributed by atoms with Crippen LogP contribution in [0.4, 0.5) is 9.18 Å². The molecule has 2 saturated heterocycles. The summed E-state index contributed by atoms with van der Waals surface area (Å²) in [5, 5.41) is 0.352. The highest BCUT2D eigenvalue weighted by Gasteiger charge is 2.46. The molecule has 1 aromatic carbocycles. The SMILES string of the molecule is CN1C[C@]2(CCCN(Cc3cc(=O)c4cccc(F)c4[nH]3)C2)OC1=O. The summed E-state index contributed by atoms with van der Waals surface area (Å²) >= 11 is 0. The number of carbonyl (C=O) groups excluding carboxylic acids is 1. The number of piperidine rings is 1. The molecule has 6 nitrogen and oxygen atoms in total. The number of aromatic nitrogens is 1. The third kappa shape index (κ3) is 2.89. The van der Waals surface area contributed by atoms with Gasteiger partial charge in [-0.2, -0.15) is 0 Å². The van der Waals surface area contributed by atoms with Gasteiger partial charge < -0.3 is 14.6 Å². The zero-order valence-corrected chi connectivity index (χ0v) is 14.0. The summed E-state index contributed by atoms with van der Waals surface area (Å²) < 4.78 is 19.6. The Morgan fingerprint density at radius 3 is 2.92 bits per heavy atom. The first kappa shape index (κ1) is 16.1. The summed E-state index contributed by atoms with van der Waals surface area (Å²) in [5.74, 6) is -0.432. The van der Waals surface area contributed by atoms with Gasteiger partial charge in [0.15, 0.2) is 5.43 Å². The highest BCUT2D eigenvalue weighted by molar-refractivity contribution is 5.78. The zero-order valence-electron chi connectivity index (χ0n) is 14.0. The molecule has 1 spiro atoms. The van der Waals surface area contributed by atoms with Crippen molar-refractivity contribution in [1.82, 2.24) is 14.8 Å². The molecule has 1 amide bonds. The van der Waals surface area contributed by atoms with Crippen LogP contribution in [0.3, 0.4) is 0 Å². The van der Waals surface area contributed by atoms with Gasteiger partial charge in [-0.15, -0.1) is 0 Å². The molecule has 0 radical (unpaired) electrons. The van der Waals surface area contributed by atoms with E-state index >= 15 is 0 Å². The van der Waals surface area contributed by atoms with Gasteiger partial charge in [0, 0.05) is 37.3 Å². The average Bonchev–Trinajstić information content (AvgIpc) is 2.82. The van der Waals surface area contributed by atoms with Crippen LogP contribution in [0.1, 0.15) is 18.5 Å². The Kier molecular flexibility index (Phi) is 3.76. The highest BCUT2D eigenvalue weighted by atomic mass is 19.1. The van der Waals surface area contributed by atoms with Crippen LogP contribution in [0, 0.1) is 5.82 Å². The quantitative estimate of drug-likeness (QED) is 0.905. The number of halogens is 1. The number of H-pyrrole nitrogens is 1. The third-order valence-electron chi connectivity index (χ3n) is 5.02. The van der Waals surface area contributed by atoms with Crippen LogP contribution in [0.25, 0.3) is 10.9 Å². The molecule has 0 unspecified atom stereocenters. The van der Waals surface area contributed by atoms with Crippen molar-refractivity contribution in [3.05, 3.63) is 46.0 Å². The van der Waals surface area contributed by atoms with Gasteiger partial charge in [0.1, 0.15) is 11.4 Å². The second-order valence-electron chi connectivity index (χ2n) is 7.04. The minimum atomic E-state index is -0.480. The van der Waals surface area contributed by atoms with Gasteiger partial charge in [-0.05, 0) is 31.5 Å². The van der Waals surface area contributed by atoms with Crippen molar-refractivity contribution in [1.29, 1.82) is 0 Å². The Bertz CT molecular complexity index is 897. The number of para-hydroxylation sites is 1. The number of likely N-dealkylation sites (N-methyl/N-ethyl adjacent to an activating group) is 1. The molecule has 2 aliphatic rings. The monoisotopic (exact) mass is 345 g/mol. The highest BCUT2D eigenvalue weighted by Crippen LogP contribution is 2.31. The van der Waals surface area contributed by atoms with Crippen molar-refractivity contribution in [3.63, 3.8) is 0 Å². The number of pyridine rings is 1. The summed E-state index contributed by atoms with van der Waals surface area (Å²) in [6.07, 6.45) is 1.46. The second-order valence-corrected chi connectivity index (χ2v) is 7.04. The van der Waals surface area contributed by atoms with E-state index in [0.717, 1.165) is 19.4 Å². The van der Waals surface area contributed by atoms with E-state index in [1.807, 2.05) is 0 Å². The fourth-order valence-corrected chi connectivity index (χ4v) is 3.95. The van der Waals surface area contributed by atoms with E-state index in [1.54, 1.807) is 18.0 Å². The molecule has 2 fully saturated rings. The summed E-state index contributed by atoms with van der Waals surface area (Å²) in [6.45, 7) is 2.52. The Balaban J connectivity index is 1.58. The Labute approximate surface area is 144 Å². The van der Waals surface area contributed by atoms with Gasteiger partial charge in [-0.1, -0.05) is 6.07 Å². The second kappa shape index (κ2) is 5.84. The molecule has 0 aliphatic carbocycles. The summed E-state index contributed by atoms with van der Waals surface area (Å²) in [5.41, 5.74) is 0.231. The predicted molar refractivity (Wildman–Crippen MR) is 90.9 cm³/mol. The maximum absolute atomic E-state index is 14.0. The van der Waals surface area contributed by atoms with E-state index in [-0.39, 0.29) is 17.0 Å². The van der Waals surface area contributed by atoms with Crippen molar-refractivity contribution < 1.29 is 13.9 Å². The zero-order chi connectivity index (χ0) is 17.6. The molecule has 7 heteroatoms. The number of hydrogen-bond acceptors (Lipinski definition) is 4. The molecular formula is C18H20FN3O3. The van der Waals surface area contributed by atoms with E-state index in [9.17, 15) is 14.0 Å². The number of carbonyl (C=O) groups is 1. The molecule has 1 N–H and O–H groups in total. The first-order valence-corrected chi connectivity index (χ1v) is 8.43. The smallest absolute Gasteiger partial charge is 0.410 e. The molecule has 1 atom stereocenters. The Morgan fingerprint density at radius 1 is 1.32 bits per heavy atom. The fourth-order valence-electron chi connectivity index (χ4n) is 3.95. The topological polar surface area (TPSA) is 65.6 Å². The number of fused-ring (bicyclic) bond motifs is 1. The number of hydrogen-bond donors (Lipinski definition) is 1. The van der Waals surface area contributed by atoms with Crippen molar-refractivity contribution >= 4 is 17.0 Å². The van der Waals surface area contributed by atoms with Gasteiger partial charge in [0.2, 0.25) is 0 Å². The number of likely N-dealkylation sites (tertiary alicyclic amines) is 1. The van der Waals surface area contributed by atoms with Crippen LogP contribution in [0.2, 0.25) is 0 Å². The summed E-state index contributed by atoms with van der Waals surface area (Å²) in [6, 6.07) is 6.01. The summed E-state index contributed by atoms with van der Waals surface area (Å²) in [7, 11) is 1.74. The number of aromatic amines is 1.